The molecule has 3 nitrogen and oxygen atoms in total. The molecule has 2 rings (SSSR count). The van der Waals surface area contributed by atoms with Crippen LogP contribution in [0, 0.1) is 17.8 Å². The van der Waals surface area contributed by atoms with Crippen LogP contribution in [-0.2, 0) is 0 Å². The van der Waals surface area contributed by atoms with E-state index in [2.05, 4.69) is 40.1 Å². The summed E-state index contributed by atoms with van der Waals surface area (Å²) in [6, 6.07) is 0.203. The van der Waals surface area contributed by atoms with Gasteiger partial charge >= 0.3 is 6.03 Å². The molecule has 0 saturated heterocycles. The van der Waals surface area contributed by atoms with Crippen LogP contribution in [0.2, 0.25) is 0 Å². The molecule has 2 aliphatic rings. The molecule has 4 unspecified atom stereocenters. The summed E-state index contributed by atoms with van der Waals surface area (Å²) in [5.74, 6) is 2.47. The Labute approximate surface area is 112 Å². The first-order valence-electron chi connectivity index (χ1n) is 6.44. The van der Waals surface area contributed by atoms with Crippen molar-refractivity contribution in [3.63, 3.8) is 0 Å². The number of hydrogen-bond acceptors (Lipinski definition) is 1. The minimum atomic E-state index is -0.0825. The molecular weight excluding hydrogens is 280 g/mol. The Kier molecular flexibility index (Phi) is 4.13. The Morgan fingerprint density at radius 2 is 2.24 bits per heavy atom. The smallest absolute Gasteiger partial charge is 0.315 e. The van der Waals surface area contributed by atoms with Crippen molar-refractivity contribution in [3.05, 3.63) is 11.1 Å². The number of hydrogen-bond donors (Lipinski definition) is 2. The number of rotatable bonds is 4. The van der Waals surface area contributed by atoms with E-state index in [1.807, 2.05) is 0 Å². The third-order valence-electron chi connectivity index (χ3n) is 4.23. The highest BCUT2D eigenvalue weighted by Gasteiger charge is 2.42. The monoisotopic (exact) mass is 300 g/mol. The van der Waals surface area contributed by atoms with Gasteiger partial charge in [-0.15, -0.1) is 0 Å². The van der Waals surface area contributed by atoms with Crippen LogP contribution >= 0.6 is 15.9 Å². The first-order chi connectivity index (χ1) is 8.06. The van der Waals surface area contributed by atoms with E-state index in [9.17, 15) is 4.79 Å². The van der Waals surface area contributed by atoms with Gasteiger partial charge in [0, 0.05) is 10.5 Å². The lowest BCUT2D eigenvalue weighted by Crippen LogP contribution is -2.45. The Bertz CT molecular complexity index is 319. The van der Waals surface area contributed by atoms with Gasteiger partial charge in [-0.05, 0) is 43.9 Å². The Morgan fingerprint density at radius 1 is 1.47 bits per heavy atom. The molecule has 0 aromatic carbocycles. The summed E-state index contributed by atoms with van der Waals surface area (Å²) in [5, 5.41) is 5.83. The first kappa shape index (κ1) is 12.9. The maximum Gasteiger partial charge on any atom is 0.315 e. The second-order valence-corrected chi connectivity index (χ2v) is 6.59. The van der Waals surface area contributed by atoms with Gasteiger partial charge in [0.1, 0.15) is 0 Å². The fourth-order valence-corrected chi connectivity index (χ4v) is 3.59. The van der Waals surface area contributed by atoms with Crippen molar-refractivity contribution in [1.29, 1.82) is 0 Å². The molecule has 17 heavy (non-hydrogen) atoms. The van der Waals surface area contributed by atoms with E-state index < -0.39 is 0 Å². The topological polar surface area (TPSA) is 41.1 Å². The van der Waals surface area contributed by atoms with Crippen molar-refractivity contribution < 1.29 is 4.79 Å². The van der Waals surface area contributed by atoms with Gasteiger partial charge in [0.2, 0.25) is 0 Å². The summed E-state index contributed by atoms with van der Waals surface area (Å²) in [5.41, 5.74) is 0. The van der Waals surface area contributed by atoms with Gasteiger partial charge < -0.3 is 10.6 Å². The minimum absolute atomic E-state index is 0.0825. The predicted octanol–water partition coefficient (Wildman–Crippen LogP) is 3.02. The van der Waals surface area contributed by atoms with Crippen molar-refractivity contribution in [3.8, 4) is 0 Å². The first-order valence-corrected chi connectivity index (χ1v) is 7.23. The SMILES string of the molecule is C=C(Br)CNC(=O)NC(C)C1CC2CCC1C2. The van der Waals surface area contributed by atoms with Gasteiger partial charge in [-0.3, -0.25) is 0 Å². The summed E-state index contributed by atoms with van der Waals surface area (Å²) < 4.78 is 0.792. The molecule has 0 aliphatic heterocycles. The average Bonchev–Trinajstić information content (AvgIpc) is 2.87. The molecule has 2 saturated carbocycles. The lowest BCUT2D eigenvalue weighted by molar-refractivity contribution is 0.221. The highest BCUT2D eigenvalue weighted by Crippen LogP contribution is 2.49. The van der Waals surface area contributed by atoms with Gasteiger partial charge in [-0.25, -0.2) is 4.79 Å². The molecule has 2 aliphatic carbocycles. The maximum atomic E-state index is 11.6. The molecule has 96 valence electrons. The Hall–Kier alpha value is -0.510. The number of urea groups is 1. The number of carbonyl (C=O) groups excluding carboxylic acids is 1. The summed E-state index contributed by atoms with van der Waals surface area (Å²) in [7, 11) is 0. The highest BCUT2D eigenvalue weighted by atomic mass is 79.9. The zero-order chi connectivity index (χ0) is 12.4. The van der Waals surface area contributed by atoms with Crippen LogP contribution in [0.5, 0.6) is 0 Å². The van der Waals surface area contributed by atoms with Crippen LogP contribution in [0.25, 0.3) is 0 Å². The fourth-order valence-electron chi connectivity index (χ4n) is 3.45. The standard InChI is InChI=1S/C13H21BrN2O/c1-8(14)7-15-13(17)16-9(2)12-6-10-3-4-11(12)5-10/h9-12H,1,3-7H2,2H3,(H2,15,16,17). The van der Waals surface area contributed by atoms with Crippen LogP contribution in [-0.4, -0.2) is 18.6 Å². The molecule has 2 fully saturated rings. The Balaban J connectivity index is 1.75. The third-order valence-corrected chi connectivity index (χ3v) is 4.51. The average molecular weight is 301 g/mol. The van der Waals surface area contributed by atoms with Crippen LogP contribution in [0.1, 0.15) is 32.6 Å². The van der Waals surface area contributed by atoms with Gasteiger partial charge in [0.05, 0.1) is 6.54 Å². The molecule has 0 heterocycles. The molecule has 2 bridgehead atoms. The van der Waals surface area contributed by atoms with Crippen molar-refractivity contribution >= 4 is 22.0 Å². The molecule has 2 amide bonds. The van der Waals surface area contributed by atoms with E-state index in [1.54, 1.807) is 0 Å². The van der Waals surface area contributed by atoms with E-state index in [0.29, 0.717) is 12.5 Å². The van der Waals surface area contributed by atoms with Crippen molar-refractivity contribution in [2.75, 3.05) is 6.54 Å². The highest BCUT2D eigenvalue weighted by molar-refractivity contribution is 9.11. The van der Waals surface area contributed by atoms with E-state index >= 15 is 0 Å². The van der Waals surface area contributed by atoms with Gasteiger partial charge in [0.15, 0.2) is 0 Å². The van der Waals surface area contributed by atoms with Gasteiger partial charge in [0.25, 0.3) is 0 Å². The molecule has 4 atom stereocenters. The second kappa shape index (κ2) is 5.42. The number of amides is 2. The van der Waals surface area contributed by atoms with E-state index in [0.717, 1.165) is 16.3 Å². The number of carbonyl (C=O) groups is 1. The zero-order valence-electron chi connectivity index (χ0n) is 10.3. The molecule has 2 N–H and O–H groups in total. The lowest BCUT2D eigenvalue weighted by atomic mass is 9.84. The quantitative estimate of drug-likeness (QED) is 0.823. The van der Waals surface area contributed by atoms with Crippen LogP contribution in [0.3, 0.4) is 0 Å². The van der Waals surface area contributed by atoms with E-state index in [4.69, 9.17) is 0 Å². The van der Waals surface area contributed by atoms with Gasteiger partial charge in [-0.2, -0.15) is 0 Å². The van der Waals surface area contributed by atoms with Crippen LogP contribution in [0.15, 0.2) is 11.1 Å². The molecule has 0 spiro atoms. The largest absolute Gasteiger partial charge is 0.335 e. The normalized spacial score (nSPS) is 32.2. The van der Waals surface area contributed by atoms with Crippen molar-refractivity contribution in [2.24, 2.45) is 17.8 Å². The Morgan fingerprint density at radius 3 is 2.76 bits per heavy atom. The summed E-state index contributed by atoms with van der Waals surface area (Å²) in [6.45, 7) is 6.30. The predicted molar refractivity (Wildman–Crippen MR) is 73.0 cm³/mol. The number of halogens is 1. The maximum absolute atomic E-state index is 11.6. The fraction of sp³-hybridized carbons (Fsp3) is 0.769. The molecule has 0 aromatic rings. The minimum Gasteiger partial charge on any atom is -0.335 e. The van der Waals surface area contributed by atoms with E-state index in [1.165, 1.54) is 25.7 Å². The molecule has 0 radical (unpaired) electrons. The van der Waals surface area contributed by atoms with Crippen LogP contribution in [0.4, 0.5) is 4.79 Å². The van der Waals surface area contributed by atoms with Crippen LogP contribution < -0.4 is 10.6 Å². The lowest BCUT2D eigenvalue weighted by Gasteiger charge is -2.28. The zero-order valence-corrected chi connectivity index (χ0v) is 11.9. The van der Waals surface area contributed by atoms with Gasteiger partial charge in [-0.1, -0.05) is 28.9 Å². The number of nitrogens with one attached hydrogen (secondary N) is 2. The summed E-state index contributed by atoms with van der Waals surface area (Å²) >= 11 is 3.22. The molecule has 0 aromatic heterocycles. The number of fused-ring (bicyclic) bond motifs is 2. The van der Waals surface area contributed by atoms with Crippen molar-refractivity contribution in [2.45, 2.75) is 38.6 Å². The summed E-state index contributed by atoms with van der Waals surface area (Å²) in [6.07, 6.45) is 5.46. The molecule has 4 heteroatoms. The summed E-state index contributed by atoms with van der Waals surface area (Å²) in [4.78, 5) is 11.6. The van der Waals surface area contributed by atoms with E-state index in [-0.39, 0.29) is 12.1 Å². The third kappa shape index (κ3) is 3.24. The van der Waals surface area contributed by atoms with Crippen molar-refractivity contribution in [1.82, 2.24) is 10.6 Å². The molecular formula is C13H21BrN2O. The second-order valence-electron chi connectivity index (χ2n) is 5.47.